The molecular weight excluding hydrogens is 437 g/mol. The van der Waals surface area contributed by atoms with E-state index in [4.69, 9.17) is 14.6 Å². The first kappa shape index (κ1) is 23.3. The number of carbonyl (C=O) groups is 1. The SMILES string of the molecule is Cc1nc(CNC(=O)c2ccc(CF)c(-c3nnc(C(C)(N)Cc4ccccc4)o3)c2)c(C)o1. The minimum Gasteiger partial charge on any atom is -0.446 e. The number of oxazole rings is 1. The van der Waals surface area contributed by atoms with Gasteiger partial charge in [0.05, 0.1) is 12.1 Å². The summed E-state index contributed by atoms with van der Waals surface area (Å²) in [4.78, 5) is 17.0. The van der Waals surface area contributed by atoms with Crippen molar-refractivity contribution in [3.8, 4) is 11.5 Å². The molecule has 0 aliphatic rings. The smallest absolute Gasteiger partial charge is 0.251 e. The molecule has 0 spiro atoms. The monoisotopic (exact) mass is 463 g/mol. The lowest BCUT2D eigenvalue weighted by atomic mass is 9.94. The fraction of sp³-hybridized carbons (Fsp3) is 0.280. The molecule has 176 valence electrons. The Kier molecular flexibility index (Phi) is 6.56. The van der Waals surface area contributed by atoms with Gasteiger partial charge in [-0.05, 0) is 43.5 Å². The second-order valence-corrected chi connectivity index (χ2v) is 8.42. The molecule has 9 heteroatoms. The molecule has 0 saturated heterocycles. The van der Waals surface area contributed by atoms with Crippen molar-refractivity contribution in [2.75, 3.05) is 0 Å². The van der Waals surface area contributed by atoms with Crippen LogP contribution in [0.15, 0.2) is 57.4 Å². The fourth-order valence-corrected chi connectivity index (χ4v) is 3.69. The van der Waals surface area contributed by atoms with Gasteiger partial charge in [0.25, 0.3) is 5.91 Å². The maximum Gasteiger partial charge on any atom is 0.251 e. The first-order valence-corrected chi connectivity index (χ1v) is 10.8. The van der Waals surface area contributed by atoms with Gasteiger partial charge in [-0.25, -0.2) is 9.37 Å². The number of aryl methyl sites for hydroxylation is 2. The largest absolute Gasteiger partial charge is 0.446 e. The van der Waals surface area contributed by atoms with Gasteiger partial charge in [0.2, 0.25) is 11.8 Å². The van der Waals surface area contributed by atoms with Gasteiger partial charge in [0.1, 0.15) is 18.1 Å². The molecule has 2 aromatic heterocycles. The van der Waals surface area contributed by atoms with Crippen LogP contribution >= 0.6 is 0 Å². The van der Waals surface area contributed by atoms with Gasteiger partial charge in [-0.3, -0.25) is 4.79 Å². The molecule has 1 unspecified atom stereocenters. The van der Waals surface area contributed by atoms with Gasteiger partial charge >= 0.3 is 0 Å². The topological polar surface area (TPSA) is 120 Å². The van der Waals surface area contributed by atoms with Crippen LogP contribution in [0.25, 0.3) is 11.5 Å². The van der Waals surface area contributed by atoms with Crippen molar-refractivity contribution in [1.82, 2.24) is 20.5 Å². The highest BCUT2D eigenvalue weighted by Gasteiger charge is 2.29. The predicted octanol–water partition coefficient (Wildman–Crippen LogP) is 4.16. The number of carbonyl (C=O) groups excluding carboxylic acids is 1. The first-order valence-electron chi connectivity index (χ1n) is 10.8. The van der Waals surface area contributed by atoms with Gasteiger partial charge in [-0.1, -0.05) is 36.4 Å². The average molecular weight is 464 g/mol. The minimum absolute atomic E-state index is 0.102. The van der Waals surface area contributed by atoms with E-state index in [1.54, 1.807) is 26.8 Å². The van der Waals surface area contributed by atoms with Crippen LogP contribution < -0.4 is 11.1 Å². The standard InChI is InChI=1S/C25H26FN5O3/c1-15-21(29-16(2)33-15)14-28-22(32)18-9-10-19(13-26)20(11-18)23-30-31-24(34-23)25(3,27)12-17-7-5-4-6-8-17/h4-11H,12-14,27H2,1-3H3,(H,28,32). The molecule has 0 aliphatic heterocycles. The molecule has 34 heavy (non-hydrogen) atoms. The summed E-state index contributed by atoms with van der Waals surface area (Å²) in [5.74, 6) is 1.15. The summed E-state index contributed by atoms with van der Waals surface area (Å²) >= 11 is 0. The van der Waals surface area contributed by atoms with Crippen LogP contribution in [0.5, 0.6) is 0 Å². The lowest BCUT2D eigenvalue weighted by molar-refractivity contribution is 0.0950. The highest BCUT2D eigenvalue weighted by molar-refractivity contribution is 5.95. The summed E-state index contributed by atoms with van der Waals surface area (Å²) in [5.41, 5.74) is 8.21. The number of nitrogens with two attached hydrogens (primary N) is 1. The third-order valence-electron chi connectivity index (χ3n) is 5.49. The summed E-state index contributed by atoms with van der Waals surface area (Å²) in [6.45, 7) is 4.77. The number of nitrogens with one attached hydrogen (secondary N) is 1. The Balaban J connectivity index is 1.56. The number of amides is 1. The van der Waals surface area contributed by atoms with Gasteiger partial charge in [-0.2, -0.15) is 0 Å². The molecule has 0 fully saturated rings. The molecule has 0 radical (unpaired) electrons. The number of nitrogens with zero attached hydrogens (tertiary/aromatic N) is 3. The van der Waals surface area contributed by atoms with Gasteiger partial charge in [0, 0.05) is 18.1 Å². The number of aromatic nitrogens is 3. The quantitative estimate of drug-likeness (QED) is 0.403. The van der Waals surface area contributed by atoms with E-state index in [-0.39, 0.29) is 24.2 Å². The molecule has 8 nitrogen and oxygen atoms in total. The van der Waals surface area contributed by atoms with Crippen LogP contribution in [0.4, 0.5) is 4.39 Å². The lowest BCUT2D eigenvalue weighted by Gasteiger charge is -2.20. The van der Waals surface area contributed by atoms with Crippen molar-refractivity contribution in [3.63, 3.8) is 0 Å². The zero-order valence-corrected chi connectivity index (χ0v) is 19.3. The van der Waals surface area contributed by atoms with E-state index in [0.717, 1.165) is 5.56 Å². The van der Waals surface area contributed by atoms with Crippen LogP contribution in [0, 0.1) is 13.8 Å². The molecule has 0 bridgehead atoms. The first-order chi connectivity index (χ1) is 16.3. The number of hydrogen-bond donors (Lipinski definition) is 2. The molecular formula is C25H26FN5O3. The highest BCUT2D eigenvalue weighted by Crippen LogP contribution is 2.29. The van der Waals surface area contributed by atoms with Crippen LogP contribution in [-0.4, -0.2) is 21.1 Å². The molecule has 1 atom stereocenters. The van der Waals surface area contributed by atoms with E-state index in [1.807, 2.05) is 30.3 Å². The summed E-state index contributed by atoms with van der Waals surface area (Å²) in [6, 6.07) is 14.3. The number of hydrogen-bond acceptors (Lipinski definition) is 7. The molecule has 1 amide bonds. The summed E-state index contributed by atoms with van der Waals surface area (Å²) in [6.07, 6.45) is 0.481. The van der Waals surface area contributed by atoms with E-state index in [0.29, 0.717) is 40.5 Å². The Hall–Kier alpha value is -3.85. The Bertz CT molecular complexity index is 1300. The Labute approximate surface area is 196 Å². The summed E-state index contributed by atoms with van der Waals surface area (Å²) < 4.78 is 25.0. The van der Waals surface area contributed by atoms with Crippen LogP contribution in [-0.2, 0) is 25.2 Å². The fourth-order valence-electron chi connectivity index (χ4n) is 3.69. The molecule has 2 aromatic carbocycles. The third-order valence-corrected chi connectivity index (χ3v) is 5.49. The molecule has 4 aromatic rings. The molecule has 0 saturated carbocycles. The molecule has 3 N–H and O–H groups in total. The van der Waals surface area contributed by atoms with Crippen molar-refractivity contribution < 1.29 is 18.0 Å². The van der Waals surface area contributed by atoms with Crippen LogP contribution in [0.3, 0.4) is 0 Å². The lowest BCUT2D eigenvalue weighted by Crippen LogP contribution is -2.35. The highest BCUT2D eigenvalue weighted by atomic mass is 19.1. The van der Waals surface area contributed by atoms with Gasteiger partial charge in [-0.15, -0.1) is 10.2 Å². The third kappa shape index (κ3) is 5.04. The number of rotatable bonds is 8. The zero-order chi connectivity index (χ0) is 24.3. The summed E-state index contributed by atoms with van der Waals surface area (Å²) in [5, 5.41) is 11.0. The van der Waals surface area contributed by atoms with E-state index in [2.05, 4.69) is 20.5 Å². The van der Waals surface area contributed by atoms with Gasteiger partial charge < -0.3 is 19.9 Å². The van der Waals surface area contributed by atoms with Crippen molar-refractivity contribution in [2.45, 2.75) is 46.0 Å². The second kappa shape index (κ2) is 9.56. The molecule has 0 aliphatic carbocycles. The van der Waals surface area contributed by atoms with E-state index in [9.17, 15) is 9.18 Å². The minimum atomic E-state index is -0.926. The van der Waals surface area contributed by atoms with E-state index in [1.165, 1.54) is 12.1 Å². The van der Waals surface area contributed by atoms with Crippen molar-refractivity contribution >= 4 is 5.91 Å². The van der Waals surface area contributed by atoms with E-state index >= 15 is 0 Å². The average Bonchev–Trinajstić information content (AvgIpc) is 3.44. The maximum atomic E-state index is 13.7. The molecule has 4 rings (SSSR count). The Morgan fingerprint density at radius 1 is 1.12 bits per heavy atom. The Morgan fingerprint density at radius 3 is 2.56 bits per heavy atom. The number of benzene rings is 2. The van der Waals surface area contributed by atoms with E-state index < -0.39 is 12.2 Å². The van der Waals surface area contributed by atoms with Gasteiger partial charge in [0.15, 0.2) is 5.89 Å². The molecule has 2 heterocycles. The van der Waals surface area contributed by atoms with Crippen molar-refractivity contribution in [3.05, 3.63) is 88.5 Å². The zero-order valence-electron chi connectivity index (χ0n) is 19.3. The van der Waals surface area contributed by atoms with Crippen LogP contribution in [0.1, 0.15) is 51.6 Å². The predicted molar refractivity (Wildman–Crippen MR) is 123 cm³/mol. The van der Waals surface area contributed by atoms with Crippen LogP contribution in [0.2, 0.25) is 0 Å². The second-order valence-electron chi connectivity index (χ2n) is 8.42. The normalized spacial score (nSPS) is 13.0. The van der Waals surface area contributed by atoms with Crippen molar-refractivity contribution in [1.29, 1.82) is 0 Å². The maximum absolute atomic E-state index is 13.7. The Morgan fingerprint density at radius 2 is 1.88 bits per heavy atom. The summed E-state index contributed by atoms with van der Waals surface area (Å²) in [7, 11) is 0. The number of alkyl halides is 1. The van der Waals surface area contributed by atoms with Crippen molar-refractivity contribution in [2.24, 2.45) is 5.73 Å². The number of halogens is 1.